The van der Waals surface area contributed by atoms with Crippen molar-refractivity contribution >= 4 is 33.1 Å². The quantitative estimate of drug-likeness (QED) is 0.652. The van der Waals surface area contributed by atoms with Crippen molar-refractivity contribution in [2.24, 2.45) is 0 Å². The van der Waals surface area contributed by atoms with E-state index in [0.717, 1.165) is 16.5 Å². The molecule has 6 nitrogen and oxygen atoms in total. The number of amides is 1. The second-order valence-electron chi connectivity index (χ2n) is 6.02. The van der Waals surface area contributed by atoms with Crippen LogP contribution in [0.4, 0.5) is 0 Å². The van der Waals surface area contributed by atoms with Crippen LogP contribution in [0.5, 0.6) is 0 Å². The smallest absolute Gasteiger partial charge is 0.259 e. The molecular formula is C19H14BrN5O. The van der Waals surface area contributed by atoms with E-state index in [1.807, 2.05) is 24.3 Å². The van der Waals surface area contributed by atoms with Gasteiger partial charge in [-0.05, 0) is 45.6 Å². The van der Waals surface area contributed by atoms with Gasteiger partial charge in [0.05, 0.1) is 22.3 Å². The summed E-state index contributed by atoms with van der Waals surface area (Å²) < 4.78 is 2.40. The van der Waals surface area contributed by atoms with E-state index in [-0.39, 0.29) is 5.91 Å². The van der Waals surface area contributed by atoms with Crippen LogP contribution < -0.4 is 0 Å². The average Bonchev–Trinajstić information content (AvgIpc) is 3.10. The Kier molecular flexibility index (Phi) is 4.27. The van der Waals surface area contributed by atoms with E-state index in [2.05, 4.69) is 38.2 Å². The van der Waals surface area contributed by atoms with Crippen molar-refractivity contribution in [2.75, 3.05) is 13.1 Å². The Morgan fingerprint density at radius 3 is 2.73 bits per heavy atom. The minimum atomic E-state index is -0.0649. The fourth-order valence-corrected chi connectivity index (χ4v) is 3.34. The summed E-state index contributed by atoms with van der Waals surface area (Å²) in [5.41, 5.74) is 4.00. The molecular weight excluding hydrogens is 394 g/mol. The molecule has 0 radical (unpaired) electrons. The van der Waals surface area contributed by atoms with E-state index in [0.29, 0.717) is 29.9 Å². The van der Waals surface area contributed by atoms with Crippen molar-refractivity contribution in [3.63, 3.8) is 0 Å². The Bertz CT molecular complexity index is 1060. The molecule has 0 spiro atoms. The normalized spacial score (nSPS) is 14.2. The maximum absolute atomic E-state index is 12.8. The van der Waals surface area contributed by atoms with Crippen LogP contribution in [0.3, 0.4) is 0 Å². The van der Waals surface area contributed by atoms with E-state index in [1.54, 1.807) is 28.0 Å². The molecule has 0 N–H and O–H groups in total. The number of fused-ring (bicyclic) bond motifs is 1. The molecule has 4 rings (SSSR count). The highest BCUT2D eigenvalue weighted by atomic mass is 79.9. The van der Waals surface area contributed by atoms with Gasteiger partial charge < -0.3 is 4.90 Å². The maximum atomic E-state index is 12.8. The first-order valence-corrected chi connectivity index (χ1v) is 8.93. The monoisotopic (exact) mass is 407 g/mol. The molecule has 3 aromatic rings. The molecule has 1 amide bonds. The maximum Gasteiger partial charge on any atom is 0.259 e. The van der Waals surface area contributed by atoms with Gasteiger partial charge in [0.15, 0.2) is 5.65 Å². The molecule has 0 saturated heterocycles. The zero-order chi connectivity index (χ0) is 18.1. The molecule has 1 aliphatic rings. The number of carbonyl (C=O) groups is 1. The summed E-state index contributed by atoms with van der Waals surface area (Å²) in [5.74, 6) is -0.0649. The van der Waals surface area contributed by atoms with Crippen molar-refractivity contribution in [1.29, 1.82) is 5.26 Å². The second-order valence-corrected chi connectivity index (χ2v) is 6.93. The number of nitriles is 1. The summed E-state index contributed by atoms with van der Waals surface area (Å²) in [6.45, 7) is 1.18. The van der Waals surface area contributed by atoms with Crippen LogP contribution in [0.1, 0.15) is 27.9 Å². The van der Waals surface area contributed by atoms with Gasteiger partial charge in [0.1, 0.15) is 5.56 Å². The third-order valence-electron chi connectivity index (χ3n) is 4.44. The average molecular weight is 408 g/mol. The first kappa shape index (κ1) is 16.5. The fraction of sp³-hybridized carbons (Fsp3) is 0.158. The fourth-order valence-electron chi connectivity index (χ4n) is 3.05. The van der Waals surface area contributed by atoms with Crippen LogP contribution in [0.25, 0.3) is 11.2 Å². The summed E-state index contributed by atoms with van der Waals surface area (Å²) in [4.78, 5) is 18.9. The highest BCUT2D eigenvalue weighted by molar-refractivity contribution is 9.10. The van der Waals surface area contributed by atoms with E-state index in [4.69, 9.17) is 5.26 Å². The topological polar surface area (TPSA) is 74.3 Å². The molecule has 2 aromatic heterocycles. The number of nitrogens with zero attached hydrogens (tertiary/aromatic N) is 5. The van der Waals surface area contributed by atoms with Crippen molar-refractivity contribution in [2.45, 2.75) is 6.42 Å². The van der Waals surface area contributed by atoms with Crippen molar-refractivity contribution < 1.29 is 4.79 Å². The van der Waals surface area contributed by atoms with Crippen LogP contribution in [0, 0.1) is 11.3 Å². The van der Waals surface area contributed by atoms with E-state index < -0.39 is 0 Å². The summed E-state index contributed by atoms with van der Waals surface area (Å²) in [6.07, 6.45) is 7.84. The van der Waals surface area contributed by atoms with Gasteiger partial charge >= 0.3 is 0 Å². The lowest BCUT2D eigenvalue weighted by Crippen LogP contribution is -2.34. The Hall–Kier alpha value is -2.98. The van der Waals surface area contributed by atoms with Gasteiger partial charge in [-0.2, -0.15) is 10.4 Å². The van der Waals surface area contributed by atoms with Gasteiger partial charge in [0.25, 0.3) is 5.91 Å². The molecule has 0 unspecified atom stereocenters. The van der Waals surface area contributed by atoms with Gasteiger partial charge in [-0.1, -0.05) is 18.2 Å². The molecule has 0 atom stereocenters. The summed E-state index contributed by atoms with van der Waals surface area (Å²) in [7, 11) is 0. The Labute approximate surface area is 158 Å². The predicted octanol–water partition coefficient (Wildman–Crippen LogP) is 3.29. The molecule has 0 fully saturated rings. The van der Waals surface area contributed by atoms with E-state index in [1.165, 1.54) is 5.57 Å². The molecule has 26 heavy (non-hydrogen) atoms. The standard InChI is InChI=1S/C19H14BrN5O/c20-16-10-22-18-17(11-23-25(18)12-16)19(26)24-7-5-15(6-8-24)14-3-1-13(9-21)2-4-14/h1-5,10-12H,6-8H2. The van der Waals surface area contributed by atoms with Gasteiger partial charge in [0.2, 0.25) is 0 Å². The lowest BCUT2D eigenvalue weighted by molar-refractivity contribution is 0.0774. The summed E-state index contributed by atoms with van der Waals surface area (Å²) in [6, 6.07) is 9.66. The zero-order valence-electron chi connectivity index (χ0n) is 13.8. The van der Waals surface area contributed by atoms with Gasteiger partial charge in [-0.25, -0.2) is 9.50 Å². The molecule has 0 saturated carbocycles. The van der Waals surface area contributed by atoms with Crippen molar-refractivity contribution in [1.82, 2.24) is 19.5 Å². The Morgan fingerprint density at radius 2 is 2.04 bits per heavy atom. The number of hydrogen-bond donors (Lipinski definition) is 0. The number of carbonyl (C=O) groups excluding carboxylic acids is 1. The number of hydrogen-bond acceptors (Lipinski definition) is 4. The Balaban J connectivity index is 1.53. The number of benzene rings is 1. The number of aromatic nitrogens is 3. The van der Waals surface area contributed by atoms with Crippen LogP contribution in [-0.4, -0.2) is 38.5 Å². The van der Waals surface area contributed by atoms with Crippen LogP contribution >= 0.6 is 15.9 Å². The zero-order valence-corrected chi connectivity index (χ0v) is 15.3. The first-order chi connectivity index (χ1) is 12.7. The molecule has 7 heteroatoms. The van der Waals surface area contributed by atoms with Crippen LogP contribution in [0.2, 0.25) is 0 Å². The van der Waals surface area contributed by atoms with Crippen LogP contribution in [-0.2, 0) is 0 Å². The molecule has 0 aliphatic carbocycles. The molecule has 0 bridgehead atoms. The lowest BCUT2D eigenvalue weighted by atomic mass is 9.98. The highest BCUT2D eigenvalue weighted by Gasteiger charge is 2.23. The minimum Gasteiger partial charge on any atom is -0.334 e. The lowest BCUT2D eigenvalue weighted by Gasteiger charge is -2.26. The van der Waals surface area contributed by atoms with E-state index in [9.17, 15) is 4.79 Å². The number of rotatable bonds is 2. The highest BCUT2D eigenvalue weighted by Crippen LogP contribution is 2.24. The van der Waals surface area contributed by atoms with E-state index >= 15 is 0 Å². The van der Waals surface area contributed by atoms with Crippen LogP contribution in [0.15, 0.2) is 53.4 Å². The predicted molar refractivity (Wildman–Crippen MR) is 100 cm³/mol. The molecule has 128 valence electrons. The first-order valence-electron chi connectivity index (χ1n) is 8.13. The summed E-state index contributed by atoms with van der Waals surface area (Å²) >= 11 is 3.35. The third kappa shape index (κ3) is 3.00. The van der Waals surface area contributed by atoms with Gasteiger partial charge in [0, 0.05) is 25.5 Å². The second kappa shape index (κ2) is 6.73. The molecule has 3 heterocycles. The third-order valence-corrected chi connectivity index (χ3v) is 4.85. The molecule has 1 aliphatic heterocycles. The van der Waals surface area contributed by atoms with Crippen molar-refractivity contribution in [3.8, 4) is 6.07 Å². The Morgan fingerprint density at radius 1 is 1.23 bits per heavy atom. The van der Waals surface area contributed by atoms with Gasteiger partial charge in [-0.15, -0.1) is 0 Å². The molecule has 1 aromatic carbocycles. The summed E-state index contributed by atoms with van der Waals surface area (Å²) in [5, 5.41) is 13.1. The largest absolute Gasteiger partial charge is 0.334 e. The van der Waals surface area contributed by atoms with Gasteiger partial charge in [-0.3, -0.25) is 4.79 Å². The number of halogens is 1. The minimum absolute atomic E-state index is 0.0649. The van der Waals surface area contributed by atoms with Crippen molar-refractivity contribution in [3.05, 3.63) is 70.1 Å². The SMILES string of the molecule is N#Cc1ccc(C2=CCN(C(=O)c3cnn4cc(Br)cnc34)CC2)cc1.